The fraction of sp³-hybridized carbons (Fsp3) is 0.227. The third-order valence-corrected chi connectivity index (χ3v) is 5.05. The molecule has 0 amide bonds. The van der Waals surface area contributed by atoms with E-state index >= 15 is 0 Å². The number of rotatable bonds is 3. The summed E-state index contributed by atoms with van der Waals surface area (Å²) in [5.74, 6) is 0. The van der Waals surface area contributed by atoms with E-state index in [9.17, 15) is 0 Å². The van der Waals surface area contributed by atoms with Gasteiger partial charge in [-0.3, -0.25) is 4.98 Å². The Balaban J connectivity index is 1.75. The zero-order chi connectivity index (χ0) is 17.6. The summed E-state index contributed by atoms with van der Waals surface area (Å²) in [5.41, 5.74) is 7.24. The van der Waals surface area contributed by atoms with Crippen LogP contribution in [0.2, 0.25) is 0 Å². The SMILES string of the molecule is Cc1ccc(C(C)Nc2ccc3c(c2)c2ccnc(C)c2n3C)cc1. The number of benzene rings is 2. The zero-order valence-corrected chi connectivity index (χ0v) is 15.2. The fourth-order valence-corrected chi connectivity index (χ4v) is 3.64. The standard InChI is InChI=1S/C22H23N3/c1-14-5-7-17(8-6-14)15(2)24-18-9-10-21-20(13-18)19-11-12-23-16(3)22(19)25(21)4/h5-13,15,24H,1-4H3. The molecule has 0 spiro atoms. The van der Waals surface area contributed by atoms with E-state index in [1.54, 1.807) is 0 Å². The van der Waals surface area contributed by atoms with Crippen LogP contribution in [-0.2, 0) is 7.05 Å². The minimum Gasteiger partial charge on any atom is -0.379 e. The van der Waals surface area contributed by atoms with Gasteiger partial charge in [0.1, 0.15) is 0 Å². The maximum atomic E-state index is 4.44. The molecule has 1 atom stereocenters. The molecular weight excluding hydrogens is 306 g/mol. The van der Waals surface area contributed by atoms with Crippen molar-refractivity contribution in [2.24, 2.45) is 7.05 Å². The van der Waals surface area contributed by atoms with Gasteiger partial charge in [0.25, 0.3) is 0 Å². The fourth-order valence-electron chi connectivity index (χ4n) is 3.64. The second-order valence-electron chi connectivity index (χ2n) is 6.86. The molecule has 0 aliphatic carbocycles. The summed E-state index contributed by atoms with van der Waals surface area (Å²) in [5, 5.41) is 6.16. The summed E-state index contributed by atoms with van der Waals surface area (Å²) in [6, 6.07) is 17.7. The highest BCUT2D eigenvalue weighted by Crippen LogP contribution is 2.32. The van der Waals surface area contributed by atoms with Gasteiger partial charge in [-0.15, -0.1) is 0 Å². The largest absolute Gasteiger partial charge is 0.379 e. The number of aryl methyl sites for hydroxylation is 3. The normalized spacial score (nSPS) is 12.6. The van der Waals surface area contributed by atoms with E-state index in [2.05, 4.69) is 91.2 Å². The summed E-state index contributed by atoms with van der Waals surface area (Å²) in [6.45, 7) is 6.39. The second-order valence-corrected chi connectivity index (χ2v) is 6.86. The van der Waals surface area contributed by atoms with Crippen LogP contribution in [0.5, 0.6) is 0 Å². The Morgan fingerprint density at radius 1 is 0.960 bits per heavy atom. The molecule has 4 rings (SSSR count). The maximum Gasteiger partial charge on any atom is 0.0704 e. The van der Waals surface area contributed by atoms with Crippen molar-refractivity contribution < 1.29 is 0 Å². The molecule has 2 heterocycles. The Bertz CT molecular complexity index is 1060. The van der Waals surface area contributed by atoms with Crippen molar-refractivity contribution in [1.82, 2.24) is 9.55 Å². The minimum absolute atomic E-state index is 0.261. The Labute approximate surface area is 148 Å². The number of fused-ring (bicyclic) bond motifs is 3. The van der Waals surface area contributed by atoms with Crippen LogP contribution >= 0.6 is 0 Å². The first-order valence-electron chi connectivity index (χ1n) is 8.71. The Morgan fingerprint density at radius 2 is 1.72 bits per heavy atom. The number of anilines is 1. The van der Waals surface area contributed by atoms with Crippen LogP contribution in [0.3, 0.4) is 0 Å². The quantitative estimate of drug-likeness (QED) is 0.536. The van der Waals surface area contributed by atoms with Gasteiger partial charge in [-0.25, -0.2) is 0 Å². The molecule has 2 aromatic heterocycles. The topological polar surface area (TPSA) is 29.9 Å². The van der Waals surface area contributed by atoms with Gasteiger partial charge in [0.15, 0.2) is 0 Å². The first kappa shape index (κ1) is 15.7. The zero-order valence-electron chi connectivity index (χ0n) is 15.2. The molecule has 0 saturated carbocycles. The first-order chi connectivity index (χ1) is 12.0. The summed E-state index contributed by atoms with van der Waals surface area (Å²) in [7, 11) is 2.11. The molecule has 126 valence electrons. The summed E-state index contributed by atoms with van der Waals surface area (Å²) in [6.07, 6.45) is 1.89. The van der Waals surface area contributed by atoms with E-state index in [4.69, 9.17) is 0 Å². The highest BCUT2D eigenvalue weighted by Gasteiger charge is 2.12. The number of aromatic nitrogens is 2. The molecule has 1 unspecified atom stereocenters. The average molecular weight is 329 g/mol. The van der Waals surface area contributed by atoms with Crippen LogP contribution in [0.4, 0.5) is 5.69 Å². The monoisotopic (exact) mass is 329 g/mol. The van der Waals surface area contributed by atoms with E-state index in [0.717, 1.165) is 11.4 Å². The molecule has 4 aromatic rings. The van der Waals surface area contributed by atoms with E-state index < -0.39 is 0 Å². The maximum absolute atomic E-state index is 4.44. The third-order valence-electron chi connectivity index (χ3n) is 5.05. The smallest absolute Gasteiger partial charge is 0.0704 e. The van der Waals surface area contributed by atoms with Gasteiger partial charge in [-0.2, -0.15) is 0 Å². The van der Waals surface area contributed by atoms with Crippen LogP contribution in [-0.4, -0.2) is 9.55 Å². The van der Waals surface area contributed by atoms with Gasteiger partial charge in [-0.05, 0) is 50.6 Å². The van der Waals surface area contributed by atoms with Gasteiger partial charge in [0, 0.05) is 41.3 Å². The number of pyridine rings is 1. The van der Waals surface area contributed by atoms with Crippen molar-refractivity contribution in [3.8, 4) is 0 Å². The molecule has 0 saturated heterocycles. The van der Waals surface area contributed by atoms with E-state index in [0.29, 0.717) is 0 Å². The molecule has 3 nitrogen and oxygen atoms in total. The van der Waals surface area contributed by atoms with Crippen molar-refractivity contribution in [3.05, 3.63) is 71.5 Å². The molecule has 3 heteroatoms. The predicted molar refractivity (Wildman–Crippen MR) is 106 cm³/mol. The molecule has 2 aromatic carbocycles. The lowest BCUT2D eigenvalue weighted by atomic mass is 10.1. The summed E-state index contributed by atoms with van der Waals surface area (Å²) < 4.78 is 2.24. The van der Waals surface area contributed by atoms with Crippen LogP contribution in [0.15, 0.2) is 54.7 Å². The highest BCUT2D eigenvalue weighted by atomic mass is 15.0. The van der Waals surface area contributed by atoms with E-state index in [1.165, 1.54) is 32.9 Å². The van der Waals surface area contributed by atoms with Gasteiger partial charge >= 0.3 is 0 Å². The lowest BCUT2D eigenvalue weighted by Gasteiger charge is -2.16. The Hall–Kier alpha value is -2.81. The first-order valence-corrected chi connectivity index (χ1v) is 8.71. The molecule has 0 bridgehead atoms. The number of hydrogen-bond donors (Lipinski definition) is 1. The highest BCUT2D eigenvalue weighted by molar-refractivity contribution is 6.09. The van der Waals surface area contributed by atoms with Crippen molar-refractivity contribution >= 4 is 27.5 Å². The van der Waals surface area contributed by atoms with Crippen molar-refractivity contribution in [3.63, 3.8) is 0 Å². The van der Waals surface area contributed by atoms with Crippen LogP contribution in [0.25, 0.3) is 21.8 Å². The number of hydrogen-bond acceptors (Lipinski definition) is 2. The van der Waals surface area contributed by atoms with Crippen LogP contribution < -0.4 is 5.32 Å². The van der Waals surface area contributed by atoms with Gasteiger partial charge in [0.2, 0.25) is 0 Å². The van der Waals surface area contributed by atoms with Crippen LogP contribution in [0.1, 0.15) is 29.8 Å². The molecule has 25 heavy (non-hydrogen) atoms. The van der Waals surface area contributed by atoms with Gasteiger partial charge < -0.3 is 9.88 Å². The van der Waals surface area contributed by atoms with Gasteiger partial charge in [0.05, 0.1) is 11.2 Å². The summed E-state index contributed by atoms with van der Waals surface area (Å²) >= 11 is 0. The van der Waals surface area contributed by atoms with Gasteiger partial charge in [-0.1, -0.05) is 29.8 Å². The Kier molecular flexibility index (Phi) is 3.72. The Morgan fingerprint density at radius 3 is 2.48 bits per heavy atom. The molecular formula is C22H23N3. The van der Waals surface area contributed by atoms with E-state index in [1.807, 2.05) is 6.20 Å². The van der Waals surface area contributed by atoms with Crippen molar-refractivity contribution in [2.45, 2.75) is 26.8 Å². The van der Waals surface area contributed by atoms with Crippen molar-refractivity contribution in [1.29, 1.82) is 0 Å². The summed E-state index contributed by atoms with van der Waals surface area (Å²) in [4.78, 5) is 4.44. The second kappa shape index (κ2) is 5.92. The number of nitrogens with one attached hydrogen (secondary N) is 1. The molecule has 0 aliphatic rings. The number of nitrogens with zero attached hydrogens (tertiary/aromatic N) is 2. The third kappa shape index (κ3) is 2.66. The lowest BCUT2D eigenvalue weighted by molar-refractivity contribution is 0.884. The average Bonchev–Trinajstić information content (AvgIpc) is 2.89. The molecule has 0 fully saturated rings. The van der Waals surface area contributed by atoms with Crippen molar-refractivity contribution in [2.75, 3.05) is 5.32 Å². The molecule has 0 aliphatic heterocycles. The molecule has 0 radical (unpaired) electrons. The predicted octanol–water partition coefficient (Wildman–Crippen LogP) is 5.52. The minimum atomic E-state index is 0.261. The molecule has 1 N–H and O–H groups in total. The lowest BCUT2D eigenvalue weighted by Crippen LogP contribution is -2.06. The van der Waals surface area contributed by atoms with E-state index in [-0.39, 0.29) is 6.04 Å². The van der Waals surface area contributed by atoms with Crippen LogP contribution in [0, 0.1) is 13.8 Å².